The summed E-state index contributed by atoms with van der Waals surface area (Å²) in [6, 6.07) is 2.33. The third kappa shape index (κ3) is 1.83. The quantitative estimate of drug-likeness (QED) is 0.818. The Labute approximate surface area is 102 Å². The lowest BCUT2D eigenvalue weighted by Gasteiger charge is -2.18. The molecule has 1 fully saturated rings. The maximum absolute atomic E-state index is 13.8. The van der Waals surface area contributed by atoms with Crippen LogP contribution in [-0.2, 0) is 9.59 Å². The number of anilines is 1. The van der Waals surface area contributed by atoms with Gasteiger partial charge in [-0.3, -0.25) is 9.59 Å². The second kappa shape index (κ2) is 4.36. The third-order valence-corrected chi connectivity index (χ3v) is 3.03. The van der Waals surface area contributed by atoms with Gasteiger partial charge in [0.25, 0.3) is 0 Å². The van der Waals surface area contributed by atoms with Crippen molar-refractivity contribution in [3.05, 3.63) is 29.3 Å². The lowest BCUT2D eigenvalue weighted by Crippen LogP contribution is -2.31. The summed E-state index contributed by atoms with van der Waals surface area (Å²) in [6.45, 7) is 1.46. The first-order valence-corrected chi connectivity index (χ1v) is 5.42. The summed E-state index contributed by atoms with van der Waals surface area (Å²) >= 11 is 0. The summed E-state index contributed by atoms with van der Waals surface area (Å²) < 4.78 is 27.4. The second-order valence-corrected chi connectivity index (χ2v) is 4.20. The Morgan fingerprint density at radius 2 is 2.11 bits per heavy atom. The van der Waals surface area contributed by atoms with Crippen molar-refractivity contribution in [2.45, 2.75) is 13.3 Å². The van der Waals surface area contributed by atoms with Crippen molar-refractivity contribution < 1.29 is 23.5 Å². The molecule has 0 bridgehead atoms. The van der Waals surface area contributed by atoms with Crippen LogP contribution >= 0.6 is 0 Å². The standard InChI is InChI=1S/C12H11F2NO3/c1-6-2-3-8(13)10(9(6)14)15-5-4-7(11(15)16)12(17)18/h2-3,7H,4-5H2,1H3,(H,17,18). The molecule has 0 saturated carbocycles. The van der Waals surface area contributed by atoms with Crippen LogP contribution in [0, 0.1) is 24.5 Å². The summed E-state index contributed by atoms with van der Waals surface area (Å²) in [5, 5.41) is 8.81. The first-order chi connectivity index (χ1) is 8.43. The van der Waals surface area contributed by atoms with Crippen LogP contribution in [0.1, 0.15) is 12.0 Å². The number of aliphatic carboxylic acids is 1. The largest absolute Gasteiger partial charge is 0.481 e. The van der Waals surface area contributed by atoms with Gasteiger partial charge in [0.15, 0.2) is 5.82 Å². The molecule has 1 N–H and O–H groups in total. The predicted molar refractivity (Wildman–Crippen MR) is 59.2 cm³/mol. The van der Waals surface area contributed by atoms with E-state index in [2.05, 4.69) is 0 Å². The number of carboxylic acid groups (broad SMARTS) is 1. The molecule has 0 spiro atoms. The number of benzene rings is 1. The van der Waals surface area contributed by atoms with Crippen LogP contribution in [0.25, 0.3) is 0 Å². The van der Waals surface area contributed by atoms with Gasteiger partial charge < -0.3 is 10.0 Å². The average Bonchev–Trinajstić information content (AvgIpc) is 2.67. The number of carbonyl (C=O) groups excluding carboxylic acids is 1. The molecule has 1 aliphatic rings. The van der Waals surface area contributed by atoms with Crippen LogP contribution in [0.3, 0.4) is 0 Å². The highest BCUT2D eigenvalue weighted by Gasteiger charge is 2.39. The number of carbonyl (C=O) groups is 2. The van der Waals surface area contributed by atoms with E-state index in [0.29, 0.717) is 0 Å². The molecule has 18 heavy (non-hydrogen) atoms. The Morgan fingerprint density at radius 3 is 2.67 bits per heavy atom. The van der Waals surface area contributed by atoms with Crippen LogP contribution in [0.5, 0.6) is 0 Å². The summed E-state index contributed by atoms with van der Waals surface area (Å²) in [4.78, 5) is 23.4. The van der Waals surface area contributed by atoms with Crippen molar-refractivity contribution in [2.75, 3.05) is 11.4 Å². The second-order valence-electron chi connectivity index (χ2n) is 4.20. The molecule has 1 unspecified atom stereocenters. The Balaban J connectivity index is 2.43. The summed E-state index contributed by atoms with van der Waals surface area (Å²) in [5.74, 6) is -4.95. The molecule has 1 amide bonds. The van der Waals surface area contributed by atoms with Crippen molar-refractivity contribution in [3.63, 3.8) is 0 Å². The molecule has 2 rings (SSSR count). The first kappa shape index (κ1) is 12.5. The summed E-state index contributed by atoms with van der Waals surface area (Å²) in [7, 11) is 0. The Bertz CT molecular complexity index is 530. The molecule has 4 nitrogen and oxygen atoms in total. The normalized spacial score (nSPS) is 19.4. The fraction of sp³-hybridized carbons (Fsp3) is 0.333. The predicted octanol–water partition coefficient (Wildman–Crippen LogP) is 1.71. The van der Waals surface area contributed by atoms with E-state index in [4.69, 9.17) is 5.11 Å². The van der Waals surface area contributed by atoms with Gasteiger partial charge in [-0.1, -0.05) is 6.07 Å². The molecule has 1 saturated heterocycles. The maximum Gasteiger partial charge on any atom is 0.316 e. The Morgan fingerprint density at radius 1 is 1.44 bits per heavy atom. The number of hydrogen-bond donors (Lipinski definition) is 1. The molecule has 1 aliphatic heterocycles. The molecule has 0 radical (unpaired) electrons. The number of carboxylic acids is 1. The SMILES string of the molecule is Cc1ccc(F)c(N2CCC(C(=O)O)C2=O)c1F. The van der Waals surface area contributed by atoms with Gasteiger partial charge in [0, 0.05) is 6.54 Å². The highest BCUT2D eigenvalue weighted by Crippen LogP contribution is 2.31. The molecule has 0 aliphatic carbocycles. The average molecular weight is 255 g/mol. The van der Waals surface area contributed by atoms with Crippen LogP contribution in [-0.4, -0.2) is 23.5 Å². The molecular weight excluding hydrogens is 244 g/mol. The number of halogens is 2. The van der Waals surface area contributed by atoms with E-state index in [1.807, 2.05) is 0 Å². The lowest BCUT2D eigenvalue weighted by atomic mass is 10.1. The van der Waals surface area contributed by atoms with Gasteiger partial charge in [0.2, 0.25) is 5.91 Å². The van der Waals surface area contributed by atoms with Crippen molar-refractivity contribution in [1.29, 1.82) is 0 Å². The molecule has 0 aromatic heterocycles. The fourth-order valence-electron chi connectivity index (χ4n) is 2.02. The minimum Gasteiger partial charge on any atom is -0.481 e. The highest BCUT2D eigenvalue weighted by atomic mass is 19.1. The van der Waals surface area contributed by atoms with E-state index in [9.17, 15) is 18.4 Å². The first-order valence-electron chi connectivity index (χ1n) is 5.42. The number of nitrogens with zero attached hydrogens (tertiary/aromatic N) is 1. The molecule has 1 heterocycles. The maximum atomic E-state index is 13.8. The van der Waals surface area contributed by atoms with E-state index in [1.165, 1.54) is 13.0 Å². The van der Waals surface area contributed by atoms with Gasteiger partial charge >= 0.3 is 5.97 Å². The third-order valence-electron chi connectivity index (χ3n) is 3.03. The topological polar surface area (TPSA) is 57.6 Å². The molecule has 1 atom stereocenters. The number of amides is 1. The van der Waals surface area contributed by atoms with Gasteiger partial charge in [0.05, 0.1) is 0 Å². The van der Waals surface area contributed by atoms with Crippen molar-refractivity contribution in [3.8, 4) is 0 Å². The number of hydrogen-bond acceptors (Lipinski definition) is 2. The highest BCUT2D eigenvalue weighted by molar-refractivity contribution is 6.07. The van der Waals surface area contributed by atoms with Crippen LogP contribution in [0.4, 0.5) is 14.5 Å². The number of aryl methyl sites for hydroxylation is 1. The molecule has 6 heteroatoms. The summed E-state index contributed by atoms with van der Waals surface area (Å²) in [6.07, 6.45) is 0.0565. The fourth-order valence-corrected chi connectivity index (χ4v) is 2.02. The smallest absolute Gasteiger partial charge is 0.316 e. The zero-order valence-electron chi connectivity index (χ0n) is 9.61. The molecular formula is C12H11F2NO3. The van der Waals surface area contributed by atoms with Gasteiger partial charge in [-0.25, -0.2) is 8.78 Å². The minimum absolute atomic E-state index is 0.00704. The van der Waals surface area contributed by atoms with Gasteiger partial charge in [-0.2, -0.15) is 0 Å². The van der Waals surface area contributed by atoms with E-state index in [0.717, 1.165) is 11.0 Å². The Hall–Kier alpha value is -1.98. The lowest BCUT2D eigenvalue weighted by molar-refractivity contribution is -0.144. The van der Waals surface area contributed by atoms with Crippen molar-refractivity contribution in [1.82, 2.24) is 0 Å². The van der Waals surface area contributed by atoms with E-state index in [-0.39, 0.29) is 18.5 Å². The van der Waals surface area contributed by atoms with Crippen molar-refractivity contribution in [2.24, 2.45) is 5.92 Å². The summed E-state index contributed by atoms with van der Waals surface area (Å²) in [5.41, 5.74) is -0.248. The Kier molecular flexibility index (Phi) is 3.02. The van der Waals surface area contributed by atoms with Gasteiger partial charge in [-0.05, 0) is 25.0 Å². The van der Waals surface area contributed by atoms with E-state index in [1.54, 1.807) is 0 Å². The van der Waals surface area contributed by atoms with Crippen LogP contribution in [0.2, 0.25) is 0 Å². The van der Waals surface area contributed by atoms with Crippen LogP contribution in [0.15, 0.2) is 12.1 Å². The van der Waals surface area contributed by atoms with Crippen molar-refractivity contribution >= 4 is 17.6 Å². The monoisotopic (exact) mass is 255 g/mol. The van der Waals surface area contributed by atoms with E-state index < -0.39 is 35.1 Å². The molecule has 1 aromatic rings. The molecule has 1 aromatic carbocycles. The van der Waals surface area contributed by atoms with Gasteiger partial charge in [0.1, 0.15) is 17.4 Å². The zero-order chi connectivity index (χ0) is 13.4. The van der Waals surface area contributed by atoms with Crippen LogP contribution < -0.4 is 4.90 Å². The van der Waals surface area contributed by atoms with Gasteiger partial charge in [-0.15, -0.1) is 0 Å². The van der Waals surface area contributed by atoms with E-state index >= 15 is 0 Å². The number of rotatable bonds is 2. The minimum atomic E-state index is -1.27. The molecule has 96 valence electrons. The zero-order valence-corrected chi connectivity index (χ0v) is 9.61.